The Hall–Kier alpha value is -0.350. The van der Waals surface area contributed by atoms with Crippen molar-refractivity contribution in [2.45, 2.75) is 26.3 Å². The fourth-order valence-electron chi connectivity index (χ4n) is 2.00. The summed E-state index contributed by atoms with van der Waals surface area (Å²) in [4.78, 5) is 2.63. The normalized spacial score (nSPS) is 12.6. The molecule has 1 atom stereocenters. The summed E-state index contributed by atoms with van der Waals surface area (Å²) in [7, 11) is 0. The summed E-state index contributed by atoms with van der Waals surface area (Å²) in [5.74, 6) is 0. The molecule has 2 rings (SSSR count). The molecular weight excluding hydrogens is 342 g/mol. The van der Waals surface area contributed by atoms with E-state index >= 15 is 0 Å². The van der Waals surface area contributed by atoms with Gasteiger partial charge in [-0.2, -0.15) is 0 Å². The average Bonchev–Trinajstić information content (AvgIpc) is 2.81. The summed E-state index contributed by atoms with van der Waals surface area (Å²) in [6.07, 6.45) is 1.10. The van der Waals surface area contributed by atoms with Crippen LogP contribution < -0.4 is 5.32 Å². The highest BCUT2D eigenvalue weighted by Gasteiger charge is 2.18. The molecule has 0 radical (unpaired) electrons. The van der Waals surface area contributed by atoms with Crippen molar-refractivity contribution in [3.05, 3.63) is 55.1 Å². The summed E-state index contributed by atoms with van der Waals surface area (Å²) in [5.41, 5.74) is 1.13. The molecule has 1 N–H and O–H groups in total. The third-order valence-corrected chi connectivity index (χ3v) is 5.31. The van der Waals surface area contributed by atoms with Crippen molar-refractivity contribution in [3.63, 3.8) is 0 Å². The first kappa shape index (κ1) is 15.0. The molecule has 1 nitrogen and oxygen atoms in total. The fraction of sp³-hybridized carbons (Fsp3) is 0.333. The van der Waals surface area contributed by atoms with Crippen LogP contribution in [0.1, 0.15) is 34.7 Å². The lowest BCUT2D eigenvalue weighted by Crippen LogP contribution is -2.22. The highest BCUT2D eigenvalue weighted by atomic mass is 79.9. The zero-order chi connectivity index (χ0) is 13.8. The van der Waals surface area contributed by atoms with Crippen molar-refractivity contribution < 1.29 is 0 Å². The minimum atomic E-state index is 0.170. The van der Waals surface area contributed by atoms with Crippen LogP contribution in [0.25, 0.3) is 0 Å². The minimum absolute atomic E-state index is 0.170. The third kappa shape index (κ3) is 3.60. The Labute approximate surface area is 132 Å². The van der Waals surface area contributed by atoms with Crippen LogP contribution in [0.3, 0.4) is 0 Å². The van der Waals surface area contributed by atoms with E-state index in [1.807, 2.05) is 23.5 Å². The van der Waals surface area contributed by atoms with E-state index in [-0.39, 0.29) is 6.04 Å². The number of halogens is 2. The van der Waals surface area contributed by atoms with Gasteiger partial charge in [0.1, 0.15) is 0 Å². The van der Waals surface area contributed by atoms with Crippen LogP contribution >= 0.6 is 38.9 Å². The van der Waals surface area contributed by atoms with Crippen LogP contribution in [0, 0.1) is 6.92 Å². The summed E-state index contributed by atoms with van der Waals surface area (Å²) < 4.78 is 0.947. The Morgan fingerprint density at radius 1 is 1.32 bits per heavy atom. The molecule has 102 valence electrons. The third-order valence-electron chi connectivity index (χ3n) is 2.94. The van der Waals surface area contributed by atoms with E-state index in [0.29, 0.717) is 0 Å². The second-order valence-corrected chi connectivity index (χ2v) is 7.03. The summed E-state index contributed by atoms with van der Waals surface area (Å²) in [6.45, 7) is 5.28. The maximum Gasteiger partial charge on any atom is 0.0686 e. The molecule has 0 aliphatic carbocycles. The molecule has 0 amide bonds. The topological polar surface area (TPSA) is 12.0 Å². The number of hydrogen-bond acceptors (Lipinski definition) is 2. The lowest BCUT2D eigenvalue weighted by Gasteiger charge is -2.19. The predicted molar refractivity (Wildman–Crippen MR) is 88.3 cm³/mol. The van der Waals surface area contributed by atoms with Crippen LogP contribution in [-0.2, 0) is 0 Å². The molecule has 0 aliphatic rings. The molecule has 0 fully saturated rings. The van der Waals surface area contributed by atoms with Gasteiger partial charge in [0.2, 0.25) is 0 Å². The van der Waals surface area contributed by atoms with Crippen LogP contribution in [0.15, 0.2) is 34.8 Å². The maximum absolute atomic E-state index is 6.44. The summed E-state index contributed by atoms with van der Waals surface area (Å²) in [5, 5.41) is 4.38. The number of rotatable bonds is 5. The molecule has 1 unspecified atom stereocenters. The smallest absolute Gasteiger partial charge is 0.0686 e. The van der Waals surface area contributed by atoms with E-state index in [1.54, 1.807) is 0 Å². The zero-order valence-electron chi connectivity index (χ0n) is 11.0. The SMILES string of the molecule is CCCNC(c1ccc(C)s1)c1cccc(Br)c1Cl. The first-order valence-electron chi connectivity index (χ1n) is 6.37. The molecule has 1 aromatic heterocycles. The van der Waals surface area contributed by atoms with Gasteiger partial charge in [0.15, 0.2) is 0 Å². The maximum atomic E-state index is 6.44. The van der Waals surface area contributed by atoms with Gasteiger partial charge in [0.05, 0.1) is 11.1 Å². The number of benzene rings is 1. The van der Waals surface area contributed by atoms with E-state index < -0.39 is 0 Å². The summed E-state index contributed by atoms with van der Waals surface area (Å²) in [6, 6.07) is 10.6. The van der Waals surface area contributed by atoms with Crippen molar-refractivity contribution in [2.75, 3.05) is 6.54 Å². The van der Waals surface area contributed by atoms with Crippen LogP contribution in [0.5, 0.6) is 0 Å². The lowest BCUT2D eigenvalue weighted by atomic mass is 10.1. The van der Waals surface area contributed by atoms with E-state index in [9.17, 15) is 0 Å². The highest BCUT2D eigenvalue weighted by Crippen LogP contribution is 2.35. The Morgan fingerprint density at radius 2 is 2.11 bits per heavy atom. The van der Waals surface area contributed by atoms with Gasteiger partial charge in [0, 0.05) is 14.2 Å². The number of hydrogen-bond donors (Lipinski definition) is 1. The van der Waals surface area contributed by atoms with Crippen molar-refractivity contribution in [1.82, 2.24) is 5.32 Å². The molecule has 2 aromatic rings. The van der Waals surface area contributed by atoms with Crippen molar-refractivity contribution >= 4 is 38.9 Å². The number of nitrogens with one attached hydrogen (secondary N) is 1. The highest BCUT2D eigenvalue weighted by molar-refractivity contribution is 9.10. The first-order valence-corrected chi connectivity index (χ1v) is 8.36. The lowest BCUT2D eigenvalue weighted by molar-refractivity contribution is 0.606. The van der Waals surface area contributed by atoms with Gasteiger partial charge < -0.3 is 5.32 Å². The van der Waals surface area contributed by atoms with E-state index in [2.05, 4.69) is 53.3 Å². The summed E-state index contributed by atoms with van der Waals surface area (Å²) >= 11 is 11.8. The molecular formula is C15H17BrClNS. The predicted octanol–water partition coefficient (Wildman–Crippen LogP) is 5.56. The molecule has 0 aliphatic heterocycles. The Morgan fingerprint density at radius 3 is 2.74 bits per heavy atom. The van der Waals surface area contributed by atoms with Gasteiger partial charge in [-0.15, -0.1) is 11.3 Å². The van der Waals surface area contributed by atoms with Crippen LogP contribution in [0.2, 0.25) is 5.02 Å². The number of thiophene rings is 1. The average molecular weight is 359 g/mol. The van der Waals surface area contributed by atoms with Gasteiger partial charge in [-0.05, 0) is 59.6 Å². The van der Waals surface area contributed by atoms with E-state index in [4.69, 9.17) is 11.6 Å². The minimum Gasteiger partial charge on any atom is -0.306 e. The number of aryl methyl sites for hydroxylation is 1. The molecule has 4 heteroatoms. The molecule has 0 saturated carbocycles. The zero-order valence-corrected chi connectivity index (χ0v) is 14.2. The molecule has 1 aromatic carbocycles. The standard InChI is InChI=1S/C15H17BrClNS/c1-3-9-18-15(13-8-7-10(2)19-13)11-5-4-6-12(16)14(11)17/h4-8,15,18H,3,9H2,1-2H3. The van der Waals surface area contributed by atoms with Gasteiger partial charge in [-0.3, -0.25) is 0 Å². The second kappa shape index (κ2) is 6.89. The van der Waals surface area contributed by atoms with Crippen LogP contribution in [0.4, 0.5) is 0 Å². The van der Waals surface area contributed by atoms with E-state index in [0.717, 1.165) is 28.0 Å². The second-order valence-electron chi connectivity index (χ2n) is 4.48. The molecule has 0 spiro atoms. The Bertz CT molecular complexity index is 553. The van der Waals surface area contributed by atoms with E-state index in [1.165, 1.54) is 9.75 Å². The van der Waals surface area contributed by atoms with Gasteiger partial charge in [0.25, 0.3) is 0 Å². The van der Waals surface area contributed by atoms with Crippen molar-refractivity contribution in [3.8, 4) is 0 Å². The monoisotopic (exact) mass is 357 g/mol. The molecule has 1 heterocycles. The molecule has 19 heavy (non-hydrogen) atoms. The molecule has 0 bridgehead atoms. The Balaban J connectivity index is 2.39. The van der Waals surface area contributed by atoms with Gasteiger partial charge in [-0.25, -0.2) is 0 Å². The Kier molecular flexibility index (Phi) is 5.46. The van der Waals surface area contributed by atoms with Crippen molar-refractivity contribution in [1.29, 1.82) is 0 Å². The van der Waals surface area contributed by atoms with Crippen LogP contribution in [-0.4, -0.2) is 6.54 Å². The quantitative estimate of drug-likeness (QED) is 0.737. The van der Waals surface area contributed by atoms with Gasteiger partial charge in [-0.1, -0.05) is 30.7 Å². The largest absolute Gasteiger partial charge is 0.306 e. The first-order chi connectivity index (χ1) is 9.13. The molecule has 0 saturated heterocycles. The van der Waals surface area contributed by atoms with Crippen molar-refractivity contribution in [2.24, 2.45) is 0 Å². The fourth-order valence-corrected chi connectivity index (χ4v) is 3.59. The van der Waals surface area contributed by atoms with Gasteiger partial charge >= 0.3 is 0 Å².